The van der Waals surface area contributed by atoms with Crippen LogP contribution >= 0.6 is 22.6 Å². The van der Waals surface area contributed by atoms with Crippen LogP contribution in [0.3, 0.4) is 0 Å². The van der Waals surface area contributed by atoms with Crippen molar-refractivity contribution in [3.05, 3.63) is 0 Å². The molecule has 1 aliphatic rings. The molecular formula is C7H11IO2. The van der Waals surface area contributed by atoms with Crippen molar-refractivity contribution in [1.82, 2.24) is 0 Å². The summed E-state index contributed by atoms with van der Waals surface area (Å²) in [4.78, 5) is 10.9. The lowest BCUT2D eigenvalue weighted by atomic mass is 9.95. The number of ether oxygens (including phenoxy) is 1. The van der Waals surface area contributed by atoms with E-state index in [1.165, 1.54) is 0 Å². The molecule has 0 bridgehead atoms. The van der Waals surface area contributed by atoms with E-state index in [9.17, 15) is 4.79 Å². The van der Waals surface area contributed by atoms with E-state index >= 15 is 0 Å². The first-order valence-corrected chi connectivity index (χ1v) is 4.96. The van der Waals surface area contributed by atoms with Crippen molar-refractivity contribution < 1.29 is 9.53 Å². The average molecular weight is 254 g/mol. The molecule has 0 spiro atoms. The van der Waals surface area contributed by atoms with Crippen molar-refractivity contribution in [2.75, 3.05) is 4.43 Å². The fourth-order valence-corrected chi connectivity index (χ4v) is 2.05. The molecule has 3 atom stereocenters. The van der Waals surface area contributed by atoms with E-state index in [0.29, 0.717) is 5.92 Å². The van der Waals surface area contributed by atoms with Crippen LogP contribution in [0.5, 0.6) is 0 Å². The van der Waals surface area contributed by atoms with E-state index in [1.807, 2.05) is 6.92 Å². The summed E-state index contributed by atoms with van der Waals surface area (Å²) in [7, 11) is 0. The largest absolute Gasteiger partial charge is 0.461 e. The minimum Gasteiger partial charge on any atom is -0.461 e. The van der Waals surface area contributed by atoms with Crippen molar-refractivity contribution in [3.8, 4) is 0 Å². The molecule has 0 radical (unpaired) electrons. The van der Waals surface area contributed by atoms with Crippen molar-refractivity contribution >= 4 is 28.6 Å². The zero-order valence-electron chi connectivity index (χ0n) is 6.13. The van der Waals surface area contributed by atoms with Crippen LogP contribution in [0.1, 0.15) is 13.8 Å². The zero-order chi connectivity index (χ0) is 7.72. The maximum atomic E-state index is 10.9. The molecule has 1 heterocycles. The first-order valence-electron chi connectivity index (χ1n) is 3.43. The van der Waals surface area contributed by atoms with Gasteiger partial charge in [0.2, 0.25) is 0 Å². The van der Waals surface area contributed by atoms with Crippen LogP contribution in [0.15, 0.2) is 0 Å². The van der Waals surface area contributed by atoms with Crippen molar-refractivity contribution in [1.29, 1.82) is 0 Å². The molecule has 1 fully saturated rings. The summed E-state index contributed by atoms with van der Waals surface area (Å²) < 4.78 is 6.00. The highest BCUT2D eigenvalue weighted by atomic mass is 127. The Morgan fingerprint density at radius 2 is 2.20 bits per heavy atom. The van der Waals surface area contributed by atoms with Crippen LogP contribution in [0.25, 0.3) is 0 Å². The third-order valence-electron chi connectivity index (χ3n) is 2.17. The monoisotopic (exact) mass is 254 g/mol. The summed E-state index contributed by atoms with van der Waals surface area (Å²) in [6.07, 6.45) is 0.156. The predicted molar refractivity (Wildman–Crippen MR) is 47.1 cm³/mol. The quantitative estimate of drug-likeness (QED) is 0.404. The van der Waals surface area contributed by atoms with Crippen LogP contribution in [-0.2, 0) is 9.53 Å². The lowest BCUT2D eigenvalue weighted by Crippen LogP contribution is -2.16. The number of esters is 1. The molecule has 1 rings (SSSR count). The van der Waals surface area contributed by atoms with Crippen LogP contribution in [0, 0.1) is 11.8 Å². The normalized spacial score (nSPS) is 39.9. The number of hydrogen-bond donors (Lipinski definition) is 0. The molecule has 0 aromatic heterocycles. The fourth-order valence-electron chi connectivity index (χ4n) is 1.07. The van der Waals surface area contributed by atoms with E-state index in [1.54, 1.807) is 0 Å². The van der Waals surface area contributed by atoms with Gasteiger partial charge in [0, 0.05) is 10.3 Å². The number of carbonyl (C=O) groups excluding carboxylic acids is 1. The third-order valence-corrected chi connectivity index (χ3v) is 3.03. The molecule has 3 heteroatoms. The number of hydrogen-bond acceptors (Lipinski definition) is 2. The smallest absolute Gasteiger partial charge is 0.309 e. The van der Waals surface area contributed by atoms with Gasteiger partial charge in [-0.1, -0.05) is 36.4 Å². The Morgan fingerprint density at radius 3 is 2.40 bits per heavy atom. The minimum absolute atomic E-state index is 0.0332. The molecule has 0 aromatic rings. The Balaban J connectivity index is 2.61. The highest BCUT2D eigenvalue weighted by Crippen LogP contribution is 2.28. The molecule has 1 saturated heterocycles. The predicted octanol–water partition coefficient (Wildman–Crippen LogP) is 1.62. The Morgan fingerprint density at radius 1 is 1.60 bits per heavy atom. The SMILES string of the molecule is C[C@@H]1[C@H](C)C(=O)O[C@@H]1CI. The maximum Gasteiger partial charge on any atom is 0.309 e. The summed E-state index contributed by atoms with van der Waals surface area (Å²) in [5, 5.41) is 0. The molecule has 58 valence electrons. The molecule has 10 heavy (non-hydrogen) atoms. The number of rotatable bonds is 1. The molecule has 0 saturated carbocycles. The van der Waals surface area contributed by atoms with Gasteiger partial charge in [0.05, 0.1) is 5.92 Å². The van der Waals surface area contributed by atoms with Gasteiger partial charge in [-0.25, -0.2) is 0 Å². The molecule has 2 nitrogen and oxygen atoms in total. The van der Waals surface area contributed by atoms with Gasteiger partial charge < -0.3 is 4.74 Å². The lowest BCUT2D eigenvalue weighted by Gasteiger charge is -2.10. The summed E-state index contributed by atoms with van der Waals surface area (Å²) in [5.41, 5.74) is 0. The molecule has 0 aliphatic carbocycles. The molecule has 0 unspecified atom stereocenters. The van der Waals surface area contributed by atoms with Gasteiger partial charge in [0.25, 0.3) is 0 Å². The van der Waals surface area contributed by atoms with Gasteiger partial charge in [-0.05, 0) is 0 Å². The van der Waals surface area contributed by atoms with Crippen molar-refractivity contribution in [2.24, 2.45) is 11.8 Å². The Labute approximate surface area is 74.5 Å². The van der Waals surface area contributed by atoms with E-state index in [2.05, 4.69) is 29.5 Å². The highest BCUT2D eigenvalue weighted by molar-refractivity contribution is 14.1. The number of alkyl halides is 1. The summed E-state index contributed by atoms with van der Waals surface area (Å²) in [6, 6.07) is 0. The molecular weight excluding hydrogens is 243 g/mol. The molecule has 0 N–H and O–H groups in total. The van der Waals surface area contributed by atoms with Crippen LogP contribution < -0.4 is 0 Å². The van der Waals surface area contributed by atoms with Crippen LogP contribution in [0.4, 0.5) is 0 Å². The minimum atomic E-state index is -0.0332. The zero-order valence-corrected chi connectivity index (χ0v) is 8.29. The van der Waals surface area contributed by atoms with Gasteiger partial charge in [-0.2, -0.15) is 0 Å². The highest BCUT2D eigenvalue weighted by Gasteiger charge is 2.37. The van der Waals surface area contributed by atoms with E-state index in [0.717, 1.165) is 4.43 Å². The van der Waals surface area contributed by atoms with E-state index in [4.69, 9.17) is 4.74 Å². The topological polar surface area (TPSA) is 26.3 Å². The first-order chi connectivity index (χ1) is 4.66. The Bertz CT molecular complexity index is 147. The average Bonchev–Trinajstić information content (AvgIpc) is 2.17. The van der Waals surface area contributed by atoms with E-state index in [-0.39, 0.29) is 18.0 Å². The van der Waals surface area contributed by atoms with Gasteiger partial charge in [-0.3, -0.25) is 4.79 Å². The van der Waals surface area contributed by atoms with Gasteiger partial charge in [0.15, 0.2) is 0 Å². The van der Waals surface area contributed by atoms with Gasteiger partial charge in [-0.15, -0.1) is 0 Å². The van der Waals surface area contributed by atoms with Crippen LogP contribution in [0.2, 0.25) is 0 Å². The summed E-state index contributed by atoms with van der Waals surface area (Å²) in [6.45, 7) is 4.00. The standard InChI is InChI=1S/C7H11IO2/c1-4-5(2)7(9)10-6(4)3-8/h4-6H,3H2,1-2H3/t4-,5+,6-/m1/s1. The van der Waals surface area contributed by atoms with Crippen LogP contribution in [-0.4, -0.2) is 16.5 Å². The molecule has 0 aromatic carbocycles. The first kappa shape index (κ1) is 8.30. The second-order valence-electron chi connectivity index (χ2n) is 2.78. The fraction of sp³-hybridized carbons (Fsp3) is 0.857. The van der Waals surface area contributed by atoms with Gasteiger partial charge in [0.1, 0.15) is 6.10 Å². The Hall–Kier alpha value is 0.200. The lowest BCUT2D eigenvalue weighted by molar-refractivity contribution is -0.143. The summed E-state index contributed by atoms with van der Waals surface area (Å²) in [5.74, 6) is 0.457. The number of cyclic esters (lactones) is 1. The molecule has 0 amide bonds. The number of halogens is 1. The van der Waals surface area contributed by atoms with Crippen molar-refractivity contribution in [3.63, 3.8) is 0 Å². The maximum absolute atomic E-state index is 10.9. The van der Waals surface area contributed by atoms with Gasteiger partial charge >= 0.3 is 5.97 Å². The van der Waals surface area contributed by atoms with E-state index < -0.39 is 0 Å². The molecule has 1 aliphatic heterocycles. The number of carbonyl (C=O) groups is 1. The second-order valence-corrected chi connectivity index (χ2v) is 3.66. The summed E-state index contributed by atoms with van der Waals surface area (Å²) >= 11 is 2.25. The Kier molecular flexibility index (Phi) is 2.55. The third kappa shape index (κ3) is 1.28. The van der Waals surface area contributed by atoms with Crippen molar-refractivity contribution in [2.45, 2.75) is 20.0 Å². The second kappa shape index (κ2) is 3.07.